The van der Waals surface area contributed by atoms with E-state index in [1.54, 1.807) is 7.11 Å². The Hall–Kier alpha value is -2.28. The van der Waals surface area contributed by atoms with Gasteiger partial charge in [-0.2, -0.15) is 0 Å². The second-order valence-corrected chi connectivity index (χ2v) is 7.67. The molecule has 0 atom stereocenters. The highest BCUT2D eigenvalue weighted by molar-refractivity contribution is 7.11. The molecule has 27 heavy (non-hydrogen) atoms. The number of nitrogens with zero attached hydrogens (tertiary/aromatic N) is 4. The van der Waals surface area contributed by atoms with Crippen molar-refractivity contribution in [3.8, 4) is 5.75 Å². The molecule has 1 aromatic carbocycles. The highest BCUT2D eigenvalue weighted by Gasteiger charge is 2.19. The number of aryl methyl sites for hydroxylation is 1. The molecular weight excluding hydrogens is 358 g/mol. The molecule has 0 amide bonds. The molecule has 1 aliphatic heterocycles. The maximum absolute atomic E-state index is 5.24. The van der Waals surface area contributed by atoms with E-state index in [1.807, 2.05) is 36.7 Å². The summed E-state index contributed by atoms with van der Waals surface area (Å²) in [6.45, 7) is 6.93. The number of aromatic nitrogens is 1. The molecule has 1 N–H and O–H groups in total. The Bertz CT molecular complexity index is 735. The van der Waals surface area contributed by atoms with Gasteiger partial charge in [-0.15, -0.1) is 11.3 Å². The summed E-state index contributed by atoms with van der Waals surface area (Å²) < 4.78 is 5.24. The number of guanidine groups is 1. The maximum Gasteiger partial charge on any atom is 0.193 e. The highest BCUT2D eigenvalue weighted by atomic mass is 32.1. The Balaban J connectivity index is 1.46. The van der Waals surface area contributed by atoms with Crippen molar-refractivity contribution in [3.05, 3.63) is 40.3 Å². The third-order valence-corrected chi connectivity index (χ3v) is 6.00. The summed E-state index contributed by atoms with van der Waals surface area (Å²) in [5, 5.41) is 4.69. The molecule has 0 spiro atoms. The number of thiazole rings is 1. The molecule has 6 nitrogen and oxygen atoms in total. The number of hydrogen-bond acceptors (Lipinski definition) is 5. The molecule has 1 aromatic heterocycles. The standard InChI is InChI=1S/C20H29N5OS/c1-4-18-15-23-19(27-18)9-10-22-20(21-2)25-13-11-24(12-14-25)16-5-7-17(26-3)8-6-16/h5-8,15H,4,9-14H2,1-3H3,(H,21,22). The summed E-state index contributed by atoms with van der Waals surface area (Å²) in [4.78, 5) is 15.0. The summed E-state index contributed by atoms with van der Waals surface area (Å²) in [6, 6.07) is 8.29. The average Bonchev–Trinajstić information content (AvgIpc) is 3.19. The number of benzene rings is 1. The molecule has 2 heterocycles. The molecule has 0 radical (unpaired) electrons. The number of methoxy groups -OCH3 is 1. The van der Waals surface area contributed by atoms with Crippen molar-refractivity contribution in [1.29, 1.82) is 0 Å². The third-order valence-electron chi connectivity index (χ3n) is 4.80. The maximum atomic E-state index is 5.24. The summed E-state index contributed by atoms with van der Waals surface area (Å²) >= 11 is 1.81. The Morgan fingerprint density at radius 1 is 1.22 bits per heavy atom. The molecule has 1 saturated heterocycles. The van der Waals surface area contributed by atoms with Crippen LogP contribution in [0.4, 0.5) is 5.69 Å². The smallest absolute Gasteiger partial charge is 0.193 e. The van der Waals surface area contributed by atoms with E-state index in [2.05, 4.69) is 44.1 Å². The number of ether oxygens (including phenoxy) is 1. The molecule has 1 fully saturated rings. The van der Waals surface area contributed by atoms with Crippen LogP contribution in [-0.4, -0.2) is 62.7 Å². The van der Waals surface area contributed by atoms with Gasteiger partial charge in [0.1, 0.15) is 5.75 Å². The highest BCUT2D eigenvalue weighted by Crippen LogP contribution is 2.20. The zero-order valence-corrected chi connectivity index (χ0v) is 17.3. The first-order valence-corrected chi connectivity index (χ1v) is 10.3. The Labute approximate surface area is 165 Å². The van der Waals surface area contributed by atoms with Crippen LogP contribution in [0.25, 0.3) is 0 Å². The first kappa shape index (κ1) is 19.5. The van der Waals surface area contributed by atoms with Crippen molar-refractivity contribution in [2.75, 3.05) is 51.8 Å². The van der Waals surface area contributed by atoms with Gasteiger partial charge in [0, 0.05) is 63.0 Å². The van der Waals surface area contributed by atoms with Crippen LogP contribution in [0.5, 0.6) is 5.75 Å². The van der Waals surface area contributed by atoms with E-state index < -0.39 is 0 Å². The molecule has 3 rings (SSSR count). The lowest BCUT2D eigenvalue weighted by molar-refractivity contribution is 0.373. The number of anilines is 1. The van der Waals surface area contributed by atoms with E-state index in [0.29, 0.717) is 0 Å². The number of aliphatic imine (C=N–C) groups is 1. The SMILES string of the molecule is CCc1cnc(CCNC(=NC)N2CCN(c3ccc(OC)cc3)CC2)s1. The molecule has 146 valence electrons. The number of hydrogen-bond donors (Lipinski definition) is 1. The monoisotopic (exact) mass is 387 g/mol. The third kappa shape index (κ3) is 5.13. The van der Waals surface area contributed by atoms with Crippen molar-refractivity contribution in [1.82, 2.24) is 15.2 Å². The van der Waals surface area contributed by atoms with E-state index in [9.17, 15) is 0 Å². The van der Waals surface area contributed by atoms with Crippen LogP contribution < -0.4 is 15.0 Å². The fraction of sp³-hybridized carbons (Fsp3) is 0.500. The van der Waals surface area contributed by atoms with Gasteiger partial charge in [0.05, 0.1) is 12.1 Å². The minimum absolute atomic E-state index is 0.863. The van der Waals surface area contributed by atoms with Gasteiger partial charge < -0.3 is 19.9 Å². The Morgan fingerprint density at radius 3 is 2.56 bits per heavy atom. The van der Waals surface area contributed by atoms with Gasteiger partial charge in [0.2, 0.25) is 0 Å². The lowest BCUT2D eigenvalue weighted by atomic mass is 10.2. The van der Waals surface area contributed by atoms with E-state index in [0.717, 1.165) is 57.3 Å². The second-order valence-electron chi connectivity index (χ2n) is 6.47. The molecule has 2 aromatic rings. The van der Waals surface area contributed by atoms with E-state index in [4.69, 9.17) is 4.74 Å². The molecule has 0 aliphatic carbocycles. The fourth-order valence-electron chi connectivity index (χ4n) is 3.21. The van der Waals surface area contributed by atoms with Gasteiger partial charge >= 0.3 is 0 Å². The first-order valence-electron chi connectivity index (χ1n) is 9.51. The summed E-state index contributed by atoms with van der Waals surface area (Å²) in [5.41, 5.74) is 1.24. The Kier molecular flexibility index (Phi) is 6.92. The Morgan fingerprint density at radius 2 is 1.96 bits per heavy atom. The van der Waals surface area contributed by atoms with Crippen LogP contribution in [0.15, 0.2) is 35.5 Å². The van der Waals surface area contributed by atoms with Gasteiger partial charge in [-0.25, -0.2) is 4.98 Å². The lowest BCUT2D eigenvalue weighted by Gasteiger charge is -2.37. The van der Waals surface area contributed by atoms with Crippen LogP contribution in [0.2, 0.25) is 0 Å². The zero-order chi connectivity index (χ0) is 19.1. The fourth-order valence-corrected chi connectivity index (χ4v) is 4.07. The van der Waals surface area contributed by atoms with Gasteiger partial charge in [-0.1, -0.05) is 6.92 Å². The first-order chi connectivity index (χ1) is 13.2. The van der Waals surface area contributed by atoms with Crippen LogP contribution in [0.1, 0.15) is 16.8 Å². The molecule has 0 saturated carbocycles. The van der Waals surface area contributed by atoms with Crippen molar-refractivity contribution in [2.45, 2.75) is 19.8 Å². The zero-order valence-electron chi connectivity index (χ0n) is 16.4. The lowest BCUT2D eigenvalue weighted by Crippen LogP contribution is -2.52. The molecule has 1 aliphatic rings. The average molecular weight is 388 g/mol. The van der Waals surface area contributed by atoms with Crippen molar-refractivity contribution in [3.63, 3.8) is 0 Å². The van der Waals surface area contributed by atoms with Crippen LogP contribution >= 0.6 is 11.3 Å². The summed E-state index contributed by atoms with van der Waals surface area (Å²) in [7, 11) is 3.56. The van der Waals surface area contributed by atoms with Gasteiger partial charge in [-0.05, 0) is 30.7 Å². The number of rotatable bonds is 6. The van der Waals surface area contributed by atoms with E-state index >= 15 is 0 Å². The summed E-state index contributed by atoms with van der Waals surface area (Å²) in [6.07, 6.45) is 3.99. The van der Waals surface area contributed by atoms with E-state index in [-0.39, 0.29) is 0 Å². The predicted octanol–water partition coefficient (Wildman–Crippen LogP) is 2.65. The quantitative estimate of drug-likeness (QED) is 0.610. The molecule has 7 heteroatoms. The number of piperazine rings is 1. The molecule has 0 unspecified atom stereocenters. The minimum Gasteiger partial charge on any atom is -0.497 e. The van der Waals surface area contributed by atoms with Crippen LogP contribution in [-0.2, 0) is 12.8 Å². The van der Waals surface area contributed by atoms with Gasteiger partial charge in [0.25, 0.3) is 0 Å². The molecule has 0 bridgehead atoms. The normalized spacial score (nSPS) is 15.1. The van der Waals surface area contributed by atoms with Crippen molar-refractivity contribution < 1.29 is 4.74 Å². The van der Waals surface area contributed by atoms with Crippen LogP contribution in [0.3, 0.4) is 0 Å². The van der Waals surface area contributed by atoms with Crippen LogP contribution in [0, 0.1) is 0 Å². The van der Waals surface area contributed by atoms with Gasteiger partial charge in [0.15, 0.2) is 5.96 Å². The molecular formula is C20H29N5OS. The van der Waals surface area contributed by atoms with E-state index in [1.165, 1.54) is 15.6 Å². The predicted molar refractivity (Wildman–Crippen MR) is 113 cm³/mol. The summed E-state index contributed by atoms with van der Waals surface area (Å²) in [5.74, 6) is 1.88. The number of nitrogens with one attached hydrogen (secondary N) is 1. The van der Waals surface area contributed by atoms with Crippen molar-refractivity contribution in [2.24, 2.45) is 4.99 Å². The minimum atomic E-state index is 0.863. The topological polar surface area (TPSA) is 53.0 Å². The van der Waals surface area contributed by atoms with Gasteiger partial charge in [-0.3, -0.25) is 4.99 Å². The second kappa shape index (κ2) is 9.60. The largest absolute Gasteiger partial charge is 0.497 e. The van der Waals surface area contributed by atoms with Crippen molar-refractivity contribution >= 4 is 23.0 Å².